The summed E-state index contributed by atoms with van der Waals surface area (Å²) in [6.45, 7) is 0. The number of nitrogens with two attached hydrogens (primary N) is 1. The third-order valence-electron chi connectivity index (χ3n) is 3.02. The molecule has 0 atom stereocenters. The van der Waals surface area contributed by atoms with Gasteiger partial charge in [0.25, 0.3) is 0 Å². The number of rotatable bonds is 4. The van der Waals surface area contributed by atoms with E-state index in [-0.39, 0.29) is 11.5 Å². The fourth-order valence-electron chi connectivity index (χ4n) is 1.60. The van der Waals surface area contributed by atoms with E-state index < -0.39 is 0 Å². The van der Waals surface area contributed by atoms with Crippen LogP contribution in [0, 0.1) is 0 Å². The van der Waals surface area contributed by atoms with Gasteiger partial charge >= 0.3 is 5.97 Å². The van der Waals surface area contributed by atoms with Crippen LogP contribution in [-0.4, -0.2) is 23.6 Å². The van der Waals surface area contributed by atoms with Gasteiger partial charge in [0.15, 0.2) is 0 Å². The van der Waals surface area contributed by atoms with E-state index in [4.69, 9.17) is 5.73 Å². The highest BCUT2D eigenvalue weighted by Gasteiger charge is 2.37. The van der Waals surface area contributed by atoms with Crippen LogP contribution in [0.25, 0.3) is 0 Å². The zero-order chi connectivity index (χ0) is 11.6. The van der Waals surface area contributed by atoms with Gasteiger partial charge in [0.1, 0.15) is 0 Å². The smallest absolute Gasteiger partial charge is 0.339 e. The first-order chi connectivity index (χ1) is 7.63. The van der Waals surface area contributed by atoms with Crippen molar-refractivity contribution < 1.29 is 9.53 Å². The molecule has 0 spiro atoms. The number of carbonyl (C=O) groups excluding carboxylic acids is 1. The standard InChI is InChI=1S/C12H16N2O2/c1-16-11(15)9-2-3-10(14-8-9)4-5-12(13)6-7-12/h2-3,8H,4-7,13H2,1H3. The topological polar surface area (TPSA) is 65.2 Å². The van der Waals surface area contributed by atoms with Crippen LogP contribution in [0.2, 0.25) is 0 Å². The minimum atomic E-state index is -0.350. The average Bonchev–Trinajstić information content (AvgIpc) is 3.05. The van der Waals surface area contributed by atoms with Crippen LogP contribution in [0.1, 0.15) is 35.3 Å². The van der Waals surface area contributed by atoms with Gasteiger partial charge in [-0.2, -0.15) is 0 Å². The molecule has 0 aromatic carbocycles. The van der Waals surface area contributed by atoms with Crippen molar-refractivity contribution in [3.8, 4) is 0 Å². The van der Waals surface area contributed by atoms with Crippen molar-refractivity contribution in [2.24, 2.45) is 5.73 Å². The number of hydrogen-bond acceptors (Lipinski definition) is 4. The molecular weight excluding hydrogens is 204 g/mol. The van der Waals surface area contributed by atoms with Crippen LogP contribution in [0.3, 0.4) is 0 Å². The number of nitrogens with zero attached hydrogens (tertiary/aromatic N) is 1. The number of hydrogen-bond donors (Lipinski definition) is 1. The summed E-state index contributed by atoms with van der Waals surface area (Å²) in [5.74, 6) is -0.350. The SMILES string of the molecule is COC(=O)c1ccc(CCC2(N)CC2)nc1. The molecule has 1 aromatic rings. The molecule has 0 saturated heterocycles. The van der Waals surface area contributed by atoms with E-state index in [0.29, 0.717) is 5.56 Å². The van der Waals surface area contributed by atoms with E-state index in [0.717, 1.165) is 31.4 Å². The zero-order valence-electron chi connectivity index (χ0n) is 9.40. The van der Waals surface area contributed by atoms with Gasteiger partial charge in [-0.1, -0.05) is 0 Å². The Morgan fingerprint density at radius 2 is 2.31 bits per heavy atom. The lowest BCUT2D eigenvalue weighted by atomic mass is 10.1. The van der Waals surface area contributed by atoms with E-state index in [9.17, 15) is 4.79 Å². The van der Waals surface area contributed by atoms with E-state index in [1.807, 2.05) is 6.07 Å². The number of pyridine rings is 1. The molecule has 1 heterocycles. The van der Waals surface area contributed by atoms with Gasteiger partial charge in [-0.05, 0) is 37.8 Å². The number of esters is 1. The van der Waals surface area contributed by atoms with Gasteiger partial charge in [-0.15, -0.1) is 0 Å². The van der Waals surface area contributed by atoms with Crippen molar-refractivity contribution >= 4 is 5.97 Å². The molecule has 0 amide bonds. The van der Waals surface area contributed by atoms with Crippen LogP contribution in [0.5, 0.6) is 0 Å². The van der Waals surface area contributed by atoms with Crippen molar-refractivity contribution in [3.63, 3.8) is 0 Å². The van der Waals surface area contributed by atoms with Gasteiger partial charge < -0.3 is 10.5 Å². The first-order valence-electron chi connectivity index (χ1n) is 5.45. The van der Waals surface area contributed by atoms with E-state index in [2.05, 4.69) is 9.72 Å². The highest BCUT2D eigenvalue weighted by atomic mass is 16.5. The Bertz CT molecular complexity index is 383. The lowest BCUT2D eigenvalue weighted by molar-refractivity contribution is 0.0600. The minimum absolute atomic E-state index is 0.0582. The lowest BCUT2D eigenvalue weighted by Gasteiger charge is -2.07. The maximum absolute atomic E-state index is 11.2. The normalized spacial score (nSPS) is 16.9. The average molecular weight is 220 g/mol. The maximum Gasteiger partial charge on any atom is 0.339 e. The quantitative estimate of drug-likeness (QED) is 0.776. The molecular formula is C12H16N2O2. The Balaban J connectivity index is 1.93. The predicted molar refractivity (Wildman–Crippen MR) is 60.0 cm³/mol. The second-order valence-corrected chi connectivity index (χ2v) is 4.39. The summed E-state index contributed by atoms with van der Waals surface area (Å²) in [6, 6.07) is 3.60. The molecule has 1 fully saturated rings. The van der Waals surface area contributed by atoms with Crippen LogP contribution in [0.15, 0.2) is 18.3 Å². The third-order valence-corrected chi connectivity index (χ3v) is 3.02. The number of carbonyl (C=O) groups is 1. The Morgan fingerprint density at radius 3 is 2.81 bits per heavy atom. The molecule has 86 valence electrons. The summed E-state index contributed by atoms with van der Waals surface area (Å²) in [6.07, 6.45) is 5.63. The van der Waals surface area contributed by atoms with Crippen LogP contribution >= 0.6 is 0 Å². The molecule has 4 heteroatoms. The second-order valence-electron chi connectivity index (χ2n) is 4.39. The largest absolute Gasteiger partial charge is 0.465 e. The van der Waals surface area contributed by atoms with Gasteiger partial charge in [-0.3, -0.25) is 4.98 Å². The van der Waals surface area contributed by atoms with Crippen molar-refractivity contribution in [2.45, 2.75) is 31.2 Å². The Labute approximate surface area is 94.8 Å². The molecule has 0 unspecified atom stereocenters. The second kappa shape index (κ2) is 4.22. The van der Waals surface area contributed by atoms with Crippen molar-refractivity contribution in [1.29, 1.82) is 0 Å². The van der Waals surface area contributed by atoms with E-state index >= 15 is 0 Å². The molecule has 4 nitrogen and oxygen atoms in total. The van der Waals surface area contributed by atoms with Crippen LogP contribution < -0.4 is 5.73 Å². The zero-order valence-corrected chi connectivity index (χ0v) is 9.40. The summed E-state index contributed by atoms with van der Waals surface area (Å²) in [4.78, 5) is 15.4. The Morgan fingerprint density at radius 1 is 1.56 bits per heavy atom. The van der Waals surface area contributed by atoms with Crippen molar-refractivity contribution in [3.05, 3.63) is 29.6 Å². The summed E-state index contributed by atoms with van der Waals surface area (Å²) in [7, 11) is 1.36. The summed E-state index contributed by atoms with van der Waals surface area (Å²) >= 11 is 0. The van der Waals surface area contributed by atoms with Crippen molar-refractivity contribution in [1.82, 2.24) is 4.98 Å². The summed E-state index contributed by atoms with van der Waals surface area (Å²) in [5.41, 5.74) is 7.51. The monoisotopic (exact) mass is 220 g/mol. The highest BCUT2D eigenvalue weighted by molar-refractivity contribution is 5.88. The Kier molecular flexibility index (Phi) is 2.92. The van der Waals surface area contributed by atoms with Gasteiger partial charge in [-0.25, -0.2) is 4.79 Å². The first-order valence-corrected chi connectivity index (χ1v) is 5.45. The van der Waals surface area contributed by atoms with Crippen LogP contribution in [0.4, 0.5) is 0 Å². The van der Waals surface area contributed by atoms with Crippen molar-refractivity contribution in [2.75, 3.05) is 7.11 Å². The highest BCUT2D eigenvalue weighted by Crippen LogP contribution is 2.36. The lowest BCUT2D eigenvalue weighted by Crippen LogP contribution is -2.22. The van der Waals surface area contributed by atoms with E-state index in [1.165, 1.54) is 7.11 Å². The number of ether oxygens (including phenoxy) is 1. The molecule has 2 N–H and O–H groups in total. The number of methoxy groups -OCH3 is 1. The first kappa shape index (κ1) is 11.1. The molecule has 0 bridgehead atoms. The van der Waals surface area contributed by atoms with Gasteiger partial charge in [0.2, 0.25) is 0 Å². The number of aromatic nitrogens is 1. The molecule has 0 radical (unpaired) electrons. The van der Waals surface area contributed by atoms with Gasteiger partial charge in [0.05, 0.1) is 12.7 Å². The molecule has 1 aliphatic rings. The Hall–Kier alpha value is -1.42. The summed E-state index contributed by atoms with van der Waals surface area (Å²) < 4.78 is 4.60. The van der Waals surface area contributed by atoms with Crippen LogP contribution in [-0.2, 0) is 11.2 Å². The fraction of sp³-hybridized carbons (Fsp3) is 0.500. The summed E-state index contributed by atoms with van der Waals surface area (Å²) in [5, 5.41) is 0. The molecule has 0 aliphatic heterocycles. The molecule has 16 heavy (non-hydrogen) atoms. The molecule has 1 saturated carbocycles. The predicted octanol–water partition coefficient (Wildman–Crippen LogP) is 1.29. The van der Waals surface area contributed by atoms with Gasteiger partial charge in [0, 0.05) is 17.4 Å². The minimum Gasteiger partial charge on any atom is -0.465 e. The fourth-order valence-corrected chi connectivity index (χ4v) is 1.60. The third kappa shape index (κ3) is 2.58. The molecule has 1 aliphatic carbocycles. The maximum atomic E-state index is 11.2. The van der Waals surface area contributed by atoms with E-state index in [1.54, 1.807) is 12.3 Å². The number of aryl methyl sites for hydroxylation is 1. The molecule has 2 rings (SSSR count). The molecule has 1 aromatic heterocycles.